The molecule has 0 spiro atoms. The summed E-state index contributed by atoms with van der Waals surface area (Å²) in [6, 6.07) is 7.36. The van der Waals surface area contributed by atoms with E-state index >= 15 is 0 Å². The van der Waals surface area contributed by atoms with Crippen molar-refractivity contribution in [1.29, 1.82) is 0 Å². The van der Waals surface area contributed by atoms with Crippen molar-refractivity contribution in [3.63, 3.8) is 0 Å². The molecule has 0 radical (unpaired) electrons. The first kappa shape index (κ1) is 24.9. The predicted octanol–water partition coefficient (Wildman–Crippen LogP) is 5.61. The van der Waals surface area contributed by atoms with Crippen molar-refractivity contribution in [2.45, 2.75) is 32.0 Å². The molecule has 2 aromatic heterocycles. The molecule has 0 aliphatic heterocycles. The van der Waals surface area contributed by atoms with E-state index in [1.165, 1.54) is 42.9 Å². The fourth-order valence-electron chi connectivity index (χ4n) is 3.33. The number of nitrogens with zero attached hydrogens (tertiary/aromatic N) is 1. The molecule has 1 unspecified atom stereocenters. The lowest BCUT2D eigenvalue weighted by Crippen LogP contribution is -2.17. The molecule has 0 bridgehead atoms. The van der Waals surface area contributed by atoms with Gasteiger partial charge in [0.2, 0.25) is 0 Å². The van der Waals surface area contributed by atoms with Gasteiger partial charge in [-0.2, -0.15) is 8.78 Å². The fourth-order valence-corrected chi connectivity index (χ4v) is 3.83. The van der Waals surface area contributed by atoms with Crippen LogP contribution < -0.4 is 15.0 Å². The second kappa shape index (κ2) is 11.0. The Hall–Kier alpha value is -3.17. The number of alkyl halides is 2. The van der Waals surface area contributed by atoms with E-state index in [-0.39, 0.29) is 39.1 Å². The van der Waals surface area contributed by atoms with Crippen LogP contribution in [0.25, 0.3) is 0 Å². The third kappa shape index (κ3) is 6.49. The first-order valence-electron chi connectivity index (χ1n) is 10.7. The Labute approximate surface area is 208 Å². The summed E-state index contributed by atoms with van der Waals surface area (Å²) in [4.78, 5) is 31.2. The number of carbonyl (C=O) groups excluding carboxylic acids is 1. The molecule has 0 saturated heterocycles. The topological polar surface area (TPSA) is 90.5 Å². The molecule has 4 rings (SSSR count). The predicted molar refractivity (Wildman–Crippen MR) is 124 cm³/mol. The summed E-state index contributed by atoms with van der Waals surface area (Å²) >= 11 is 12.4. The third-order valence-corrected chi connectivity index (χ3v) is 6.08. The summed E-state index contributed by atoms with van der Waals surface area (Å²) in [5.74, 6) is -0.395. The van der Waals surface area contributed by atoms with Gasteiger partial charge in [0.25, 0.3) is 5.56 Å². The summed E-state index contributed by atoms with van der Waals surface area (Å²) in [5.41, 5.74) is 0.303. The van der Waals surface area contributed by atoms with E-state index in [1.54, 1.807) is 6.07 Å². The normalized spacial score (nSPS) is 14.0. The number of nitrogens with one attached hydrogen (secondary N) is 1. The van der Waals surface area contributed by atoms with E-state index in [2.05, 4.69) is 14.7 Å². The van der Waals surface area contributed by atoms with Crippen molar-refractivity contribution >= 4 is 29.2 Å². The zero-order valence-electron chi connectivity index (χ0n) is 18.2. The molecule has 11 heteroatoms. The van der Waals surface area contributed by atoms with Crippen molar-refractivity contribution in [2.24, 2.45) is 5.92 Å². The number of aromatic nitrogens is 2. The highest BCUT2D eigenvalue weighted by Crippen LogP contribution is 2.37. The molecule has 0 amide bonds. The summed E-state index contributed by atoms with van der Waals surface area (Å²) in [7, 11) is 0. The lowest BCUT2D eigenvalue weighted by Gasteiger charge is -2.21. The molecule has 1 atom stereocenters. The molecule has 184 valence electrons. The van der Waals surface area contributed by atoms with Crippen molar-refractivity contribution in [3.05, 3.63) is 86.0 Å². The summed E-state index contributed by atoms with van der Waals surface area (Å²) in [6.45, 7) is -2.70. The molecular formula is C24H20Cl2F2N2O5. The van der Waals surface area contributed by atoms with Crippen molar-refractivity contribution in [1.82, 2.24) is 9.97 Å². The number of esters is 1. The molecule has 1 N–H and O–H groups in total. The number of hydrogen-bond donors (Lipinski definition) is 1. The zero-order valence-corrected chi connectivity index (χ0v) is 19.7. The van der Waals surface area contributed by atoms with Crippen LogP contribution in [0.2, 0.25) is 10.0 Å². The minimum Gasteiger partial charge on any atom is -0.489 e. The number of rotatable bonds is 10. The molecule has 1 fully saturated rings. The smallest absolute Gasteiger partial charge is 0.387 e. The number of hydrogen-bond acceptors (Lipinski definition) is 6. The summed E-state index contributed by atoms with van der Waals surface area (Å²) < 4.78 is 41.9. The van der Waals surface area contributed by atoms with Gasteiger partial charge in [0.05, 0.1) is 17.2 Å². The van der Waals surface area contributed by atoms with Gasteiger partial charge >= 0.3 is 12.6 Å². The first-order chi connectivity index (χ1) is 16.8. The summed E-state index contributed by atoms with van der Waals surface area (Å²) in [5, 5.41) is 0.0164. The minimum absolute atomic E-state index is 0.0648. The minimum atomic E-state index is -3.04. The number of aromatic amines is 1. The van der Waals surface area contributed by atoms with Gasteiger partial charge in [0.1, 0.15) is 11.1 Å². The highest BCUT2D eigenvalue weighted by Gasteiger charge is 2.26. The maximum Gasteiger partial charge on any atom is 0.387 e. The van der Waals surface area contributed by atoms with Gasteiger partial charge < -0.3 is 19.2 Å². The van der Waals surface area contributed by atoms with Crippen LogP contribution in [0.4, 0.5) is 8.78 Å². The molecular weight excluding hydrogens is 505 g/mol. The lowest BCUT2D eigenvalue weighted by molar-refractivity contribution is -0.0515. The molecule has 1 saturated carbocycles. The first-order valence-corrected chi connectivity index (χ1v) is 11.5. The Balaban J connectivity index is 1.70. The fraction of sp³-hybridized carbons (Fsp3) is 0.292. The highest BCUT2D eigenvalue weighted by molar-refractivity contribution is 6.35. The SMILES string of the molecule is O=C(OC(Cc1c(Cl)c[nH]c(=O)c1Cl)c1ccc(OC(F)F)c(OCC2CC2)c1)c1cccnc1. The van der Waals surface area contributed by atoms with Gasteiger partial charge in [-0.1, -0.05) is 29.3 Å². The van der Waals surface area contributed by atoms with Crippen molar-refractivity contribution < 1.29 is 27.8 Å². The Morgan fingerprint density at radius 1 is 1.20 bits per heavy atom. The maximum absolute atomic E-state index is 12.9. The van der Waals surface area contributed by atoms with E-state index < -0.39 is 24.2 Å². The van der Waals surface area contributed by atoms with Crippen LogP contribution in [0.1, 0.15) is 40.4 Å². The number of pyridine rings is 2. The van der Waals surface area contributed by atoms with Gasteiger partial charge in [0, 0.05) is 30.6 Å². The van der Waals surface area contributed by atoms with Crippen molar-refractivity contribution in [2.75, 3.05) is 6.61 Å². The molecule has 3 aromatic rings. The largest absolute Gasteiger partial charge is 0.489 e. The number of carbonyl (C=O) groups is 1. The van der Waals surface area contributed by atoms with Gasteiger partial charge in [-0.25, -0.2) is 4.79 Å². The van der Waals surface area contributed by atoms with Gasteiger partial charge in [0.15, 0.2) is 11.5 Å². The molecule has 1 aliphatic carbocycles. The third-order valence-electron chi connectivity index (χ3n) is 5.35. The van der Waals surface area contributed by atoms with Crippen LogP contribution in [0.3, 0.4) is 0 Å². The van der Waals surface area contributed by atoms with Crippen LogP contribution in [0.15, 0.2) is 53.7 Å². The molecule has 7 nitrogen and oxygen atoms in total. The Kier molecular flexibility index (Phi) is 7.87. The van der Waals surface area contributed by atoms with E-state index in [0.717, 1.165) is 12.8 Å². The number of ether oxygens (including phenoxy) is 3. The zero-order chi connectivity index (χ0) is 24.9. The van der Waals surface area contributed by atoms with Gasteiger partial charge in [-0.05, 0) is 48.6 Å². The standard InChI is InChI=1S/C24H20Cl2F2N2O5/c25-17-11-30-22(31)21(26)16(17)9-19(34-23(32)15-2-1-7-29-10-15)14-5-6-18(35-24(27)28)20(8-14)33-12-13-3-4-13/h1-2,5-8,10-11,13,19,24H,3-4,9,12H2,(H,30,31). The van der Waals surface area contributed by atoms with Crippen LogP contribution >= 0.6 is 23.2 Å². The number of halogens is 4. The van der Waals surface area contributed by atoms with E-state index in [1.807, 2.05) is 0 Å². The van der Waals surface area contributed by atoms with Gasteiger partial charge in [-0.3, -0.25) is 9.78 Å². The Morgan fingerprint density at radius 2 is 2.00 bits per heavy atom. The molecule has 1 aliphatic rings. The average Bonchev–Trinajstić information content (AvgIpc) is 3.67. The second-order valence-electron chi connectivity index (χ2n) is 7.94. The highest BCUT2D eigenvalue weighted by atomic mass is 35.5. The maximum atomic E-state index is 12.9. The van der Waals surface area contributed by atoms with E-state index in [9.17, 15) is 18.4 Å². The second-order valence-corrected chi connectivity index (χ2v) is 8.72. The van der Waals surface area contributed by atoms with Crippen LogP contribution in [-0.4, -0.2) is 29.2 Å². The number of H-pyrrole nitrogens is 1. The molecule has 1 aromatic carbocycles. The van der Waals surface area contributed by atoms with Crippen LogP contribution in [-0.2, 0) is 11.2 Å². The number of benzene rings is 1. The quantitative estimate of drug-likeness (QED) is 0.347. The van der Waals surface area contributed by atoms with E-state index in [4.69, 9.17) is 32.7 Å². The molecule has 2 heterocycles. The molecule has 35 heavy (non-hydrogen) atoms. The van der Waals surface area contributed by atoms with Gasteiger partial charge in [-0.15, -0.1) is 0 Å². The Bertz CT molecular complexity index is 1250. The lowest BCUT2D eigenvalue weighted by atomic mass is 10.0. The van der Waals surface area contributed by atoms with E-state index in [0.29, 0.717) is 18.1 Å². The van der Waals surface area contributed by atoms with Crippen LogP contribution in [0.5, 0.6) is 11.5 Å². The van der Waals surface area contributed by atoms with Crippen molar-refractivity contribution in [3.8, 4) is 11.5 Å². The Morgan fingerprint density at radius 3 is 2.69 bits per heavy atom. The summed E-state index contributed by atoms with van der Waals surface area (Å²) in [6.07, 6.45) is 5.07. The monoisotopic (exact) mass is 524 g/mol. The van der Waals surface area contributed by atoms with Crippen LogP contribution in [0, 0.1) is 5.92 Å². The average molecular weight is 525 g/mol.